The van der Waals surface area contributed by atoms with Crippen LogP contribution in [0.15, 0.2) is 0 Å². The Hall–Kier alpha value is 1.68. The molecule has 7 nitrogen and oxygen atoms in total. The molecule has 0 heterocycles. The van der Waals surface area contributed by atoms with E-state index in [2.05, 4.69) is 11.2 Å². The smallest absolute Gasteiger partial charge is 0.748 e. The first-order valence-electron chi connectivity index (χ1n) is 1.59. The number of carboxylic acids is 1. The summed E-state index contributed by atoms with van der Waals surface area (Å²) in [6, 6.07) is 0. The van der Waals surface area contributed by atoms with Crippen molar-refractivity contribution in [3.05, 3.63) is 0 Å². The summed E-state index contributed by atoms with van der Waals surface area (Å²) < 4.78 is 25.3. The van der Waals surface area contributed by atoms with E-state index in [1.807, 2.05) is 0 Å². The third-order valence-corrected chi connectivity index (χ3v) is 0. The maximum atomic E-state index is 9.00. The van der Waals surface area contributed by atoms with Crippen molar-refractivity contribution in [1.82, 2.24) is 0 Å². The van der Waals surface area contributed by atoms with Gasteiger partial charge in [0.2, 0.25) is 0 Å². The summed E-state index contributed by atoms with van der Waals surface area (Å²) in [6.45, 7) is 0.972. The van der Waals surface area contributed by atoms with Crippen molar-refractivity contribution in [3.63, 3.8) is 0 Å². The van der Waals surface area contributed by atoms with Gasteiger partial charge in [0, 0.05) is 5.97 Å². The zero-order chi connectivity index (χ0) is 8.08. The van der Waals surface area contributed by atoms with Gasteiger partial charge in [-0.05, 0) is 18.1 Å². The van der Waals surface area contributed by atoms with Crippen molar-refractivity contribution in [2.45, 2.75) is 6.92 Å². The van der Waals surface area contributed by atoms with E-state index in [4.69, 9.17) is 23.2 Å². The molecule has 0 saturated carbocycles. The molecule has 1 unspecified atom stereocenters. The third-order valence-electron chi connectivity index (χ3n) is 0. The van der Waals surface area contributed by atoms with Crippen LogP contribution >= 0.6 is 0 Å². The summed E-state index contributed by atoms with van der Waals surface area (Å²) in [6.07, 6.45) is 0. The second-order valence-corrected chi connectivity index (χ2v) is 3.04. The summed E-state index contributed by atoms with van der Waals surface area (Å²) in [5, 5.41) is 8.89. The molecule has 1 atom stereocenters. The minimum atomic E-state index is -4.08. The predicted molar refractivity (Wildman–Crippen MR) is 36.8 cm³/mol. The molecule has 0 rings (SSSR count). The summed E-state index contributed by atoms with van der Waals surface area (Å²) >= 11 is 3.35. The molecule has 0 bridgehead atoms. The Morgan fingerprint density at radius 2 is 1.38 bits per heavy atom. The summed E-state index contributed by atoms with van der Waals surface area (Å²) in [5.74, 6) is -1.08. The van der Waals surface area contributed by atoms with Crippen LogP contribution in [0.2, 0.25) is 0 Å². The van der Waals surface area contributed by atoms with Crippen molar-refractivity contribution in [3.8, 4) is 0 Å². The normalized spacial score (nSPS) is 10.1. The van der Waals surface area contributed by atoms with Crippen LogP contribution in [0, 0.1) is 0 Å². The zero-order valence-electron chi connectivity index (χ0n) is 7.40. The number of hydrogen-bond donors (Lipinski definition) is 1. The van der Waals surface area contributed by atoms with E-state index in [9.17, 15) is 0 Å². The van der Waals surface area contributed by atoms with Gasteiger partial charge in [0.15, 0.2) is 0 Å². The number of hydrogen-bond acceptors (Lipinski definition) is 5. The number of carboxylic acid groups (broad SMARTS) is 1. The van der Waals surface area contributed by atoms with Crippen molar-refractivity contribution in [1.29, 1.82) is 0 Å². The van der Waals surface area contributed by atoms with Gasteiger partial charge in [-0.3, -0.25) is 0 Å². The van der Waals surface area contributed by atoms with Gasteiger partial charge in [-0.15, -0.1) is 0 Å². The molecule has 0 amide bonds. The van der Waals surface area contributed by atoms with Gasteiger partial charge in [-0.2, -0.15) is 0 Å². The summed E-state index contributed by atoms with van der Waals surface area (Å²) in [4.78, 5) is 8.89. The van der Waals surface area contributed by atoms with Crippen LogP contribution in [0.1, 0.15) is 6.92 Å². The van der Waals surface area contributed by atoms with Crippen LogP contribution in [0.5, 0.6) is 0 Å². The van der Waals surface area contributed by atoms with Gasteiger partial charge < -0.3 is 30.0 Å². The van der Waals surface area contributed by atoms with Crippen LogP contribution in [-0.2, 0) is 25.0 Å². The van der Waals surface area contributed by atoms with Crippen molar-refractivity contribution in [2.24, 2.45) is 0 Å². The van der Waals surface area contributed by atoms with E-state index in [-0.39, 0.29) is 70.1 Å². The Kier molecular flexibility index (Phi) is 54.1. The van der Waals surface area contributed by atoms with E-state index in [0.717, 1.165) is 6.92 Å². The fourth-order valence-electron chi connectivity index (χ4n) is 0. The molecule has 0 saturated heterocycles. The van der Waals surface area contributed by atoms with Crippen molar-refractivity contribution >= 4 is 26.2 Å². The van der Waals surface area contributed by atoms with Crippen LogP contribution in [0.4, 0.5) is 0 Å². The van der Waals surface area contributed by atoms with Crippen LogP contribution in [-0.4, -0.2) is 30.2 Å². The number of carbonyl (C=O) groups excluding carboxylic acids is 1. The number of carbonyl (C=O) groups is 1. The molecule has 0 spiro atoms. The van der Waals surface area contributed by atoms with Gasteiger partial charge in [-0.25, -0.2) is 4.21 Å². The van der Waals surface area contributed by atoms with Gasteiger partial charge >= 0.3 is 59.1 Å². The molecule has 0 aliphatic rings. The molecule has 0 fully saturated rings. The molecule has 0 radical (unpaired) electrons. The molecule has 0 aliphatic heterocycles. The first-order chi connectivity index (χ1) is 3.73. The molecule has 0 aliphatic carbocycles. The average Bonchev–Trinajstić information content (AvgIpc) is 1.19. The van der Waals surface area contributed by atoms with Gasteiger partial charge in [0.05, 0.1) is 9.05 Å². The summed E-state index contributed by atoms with van der Waals surface area (Å²) in [7, 11) is -4.08. The zero-order valence-corrected chi connectivity index (χ0v) is 13.0. The van der Waals surface area contributed by atoms with E-state index in [1.54, 1.807) is 0 Å². The van der Waals surface area contributed by atoms with Gasteiger partial charge in [0.25, 0.3) is 0 Å². The van der Waals surface area contributed by atoms with E-state index >= 15 is 0 Å². The third kappa shape index (κ3) is 661. The van der Waals surface area contributed by atoms with Crippen LogP contribution in [0.3, 0.4) is 0 Å². The molecular formula is C2H8Na2O7S2. The Morgan fingerprint density at radius 3 is 1.38 bits per heavy atom. The second-order valence-electron chi connectivity index (χ2n) is 0.919. The van der Waals surface area contributed by atoms with Crippen LogP contribution in [0.25, 0.3) is 0 Å². The molecule has 5 N–H and O–H groups in total. The number of rotatable bonds is 0. The van der Waals surface area contributed by atoms with Gasteiger partial charge in [0.1, 0.15) is 0 Å². The largest absolute Gasteiger partial charge is 1.00 e. The maximum absolute atomic E-state index is 9.00. The standard InChI is InChI=1S/C2H4O2.2Na.H2O3S2.2H2O/c1-2(3)4;;;1-5(2,3)4;;/h1H3,(H,3,4);;;(H2,1,2,3,4);2*1H2/q;2*+1;;;/p-2. The Balaban J connectivity index is -0.0000000146. The average molecular weight is 254 g/mol. The Bertz CT molecular complexity index is 165. The fraction of sp³-hybridized carbons (Fsp3) is 0.500. The second kappa shape index (κ2) is 19.3. The Morgan fingerprint density at radius 1 is 1.38 bits per heavy atom. The van der Waals surface area contributed by atoms with Crippen molar-refractivity contribution < 1.29 is 93.3 Å². The SMILES string of the molecule is CC(=O)[O-].O.O.O=S([O-])(O)=S.[Na+].[Na+]. The minimum absolute atomic E-state index is 0. The van der Waals surface area contributed by atoms with E-state index < -0.39 is 15.0 Å². The topological polar surface area (TPSA) is 163 Å². The molecule has 0 aromatic rings. The van der Waals surface area contributed by atoms with E-state index in [1.165, 1.54) is 0 Å². The quantitative estimate of drug-likeness (QED) is 0.421. The predicted octanol–water partition coefficient (Wildman–Crippen LogP) is -9.55. The minimum Gasteiger partial charge on any atom is -0.748 e. The van der Waals surface area contributed by atoms with Crippen molar-refractivity contribution in [2.75, 3.05) is 0 Å². The van der Waals surface area contributed by atoms with Gasteiger partial charge in [-0.1, -0.05) is 0 Å². The fourth-order valence-corrected chi connectivity index (χ4v) is 0. The molecule has 72 valence electrons. The van der Waals surface area contributed by atoms with E-state index in [0.29, 0.717) is 0 Å². The molecule has 0 aromatic carbocycles. The monoisotopic (exact) mass is 254 g/mol. The number of aliphatic carboxylic acids is 1. The summed E-state index contributed by atoms with van der Waals surface area (Å²) in [5.41, 5.74) is 0. The molecule has 11 heteroatoms. The molecule has 13 heavy (non-hydrogen) atoms. The molecule has 0 aromatic heterocycles. The molecular weight excluding hydrogens is 246 g/mol. The van der Waals surface area contributed by atoms with Crippen LogP contribution < -0.4 is 64.2 Å². The first kappa shape index (κ1) is 36.5. The first-order valence-corrected chi connectivity index (χ1v) is 3.96. The Labute approximate surface area is 125 Å². The maximum Gasteiger partial charge on any atom is 1.00 e.